The zero-order valence-electron chi connectivity index (χ0n) is 23.4. The van der Waals surface area contributed by atoms with Crippen LogP contribution in [0.4, 0.5) is 0 Å². The summed E-state index contributed by atoms with van der Waals surface area (Å²) in [5.74, 6) is -2.22. The van der Waals surface area contributed by atoms with Crippen molar-refractivity contribution in [1.82, 2.24) is 0 Å². The van der Waals surface area contributed by atoms with Gasteiger partial charge in [0.1, 0.15) is 0 Å². The molecule has 1 radical (unpaired) electrons. The number of aromatic carboxylic acids is 2. The van der Waals surface area contributed by atoms with E-state index in [1.54, 1.807) is 24.3 Å². The minimum Gasteiger partial charge on any atom is -0.545 e. The van der Waals surface area contributed by atoms with Crippen molar-refractivity contribution in [2.45, 2.75) is 105 Å². The van der Waals surface area contributed by atoms with Crippen molar-refractivity contribution in [1.29, 1.82) is 0 Å². The van der Waals surface area contributed by atoms with Gasteiger partial charge in [0, 0.05) is 0 Å². The maximum Gasteiger partial charge on any atom is 2.00 e. The molecule has 0 heterocycles. The SMILES string of the molecule is CC(C)(C)c1cc(C(=O)[O-])cc(C(C)(C)C)c1.CC(C)(C)c1cc(C(=O)[O-])cc(C(C)(C)C)c1.[Co+2]. The van der Waals surface area contributed by atoms with Crippen LogP contribution in [0.3, 0.4) is 0 Å². The monoisotopic (exact) mass is 525 g/mol. The van der Waals surface area contributed by atoms with Crippen molar-refractivity contribution in [3.05, 3.63) is 69.8 Å². The molecule has 0 fully saturated rings. The van der Waals surface area contributed by atoms with Gasteiger partial charge in [0.05, 0.1) is 11.9 Å². The van der Waals surface area contributed by atoms with Crippen LogP contribution >= 0.6 is 0 Å². The molecule has 0 saturated heterocycles. The number of carbonyl (C=O) groups is 2. The molecule has 0 aliphatic rings. The predicted octanol–water partition coefficient (Wildman–Crippen LogP) is 5.29. The summed E-state index contributed by atoms with van der Waals surface area (Å²) in [7, 11) is 0. The number of carboxylic acids is 2. The molecule has 35 heavy (non-hydrogen) atoms. The van der Waals surface area contributed by atoms with E-state index in [4.69, 9.17) is 0 Å². The second kappa shape index (κ2) is 11.3. The molecule has 0 atom stereocenters. The third-order valence-corrected chi connectivity index (χ3v) is 5.80. The first-order valence-electron chi connectivity index (χ1n) is 11.8. The predicted molar refractivity (Wildman–Crippen MR) is 136 cm³/mol. The van der Waals surface area contributed by atoms with Crippen LogP contribution in [0, 0.1) is 0 Å². The number of benzene rings is 2. The molecule has 0 aliphatic heterocycles. The molecule has 0 aromatic heterocycles. The first kappa shape index (κ1) is 32.9. The molecule has 0 bridgehead atoms. The Morgan fingerprint density at radius 1 is 0.457 bits per heavy atom. The average molecular weight is 526 g/mol. The molecule has 0 N–H and O–H groups in total. The smallest absolute Gasteiger partial charge is 0.545 e. The number of carbonyl (C=O) groups excluding carboxylic acids is 2. The molecule has 5 heteroatoms. The normalized spacial score (nSPS) is 12.2. The summed E-state index contributed by atoms with van der Waals surface area (Å²) >= 11 is 0. The zero-order chi connectivity index (χ0) is 26.9. The van der Waals surface area contributed by atoms with Gasteiger partial charge in [0.25, 0.3) is 0 Å². The van der Waals surface area contributed by atoms with Crippen molar-refractivity contribution >= 4 is 11.9 Å². The molecule has 2 aromatic carbocycles. The van der Waals surface area contributed by atoms with E-state index in [1.807, 2.05) is 0 Å². The van der Waals surface area contributed by atoms with Crippen LogP contribution in [0.15, 0.2) is 36.4 Å². The molecule has 0 saturated carbocycles. The van der Waals surface area contributed by atoms with E-state index in [1.165, 1.54) is 0 Å². The van der Waals surface area contributed by atoms with Crippen LogP contribution in [0.1, 0.15) is 126 Å². The number of hydrogen-bond donors (Lipinski definition) is 0. The Balaban J connectivity index is 0.000000642. The van der Waals surface area contributed by atoms with Crippen molar-refractivity contribution < 1.29 is 36.6 Å². The average Bonchev–Trinajstić information content (AvgIpc) is 2.65. The Hall–Kier alpha value is -2.11. The molecule has 0 aliphatic carbocycles. The van der Waals surface area contributed by atoms with E-state index in [2.05, 4.69) is 95.2 Å². The van der Waals surface area contributed by atoms with E-state index in [0.29, 0.717) is 0 Å². The van der Waals surface area contributed by atoms with Gasteiger partial charge < -0.3 is 19.8 Å². The summed E-state index contributed by atoms with van der Waals surface area (Å²) in [5.41, 5.74) is 4.40. The van der Waals surface area contributed by atoms with Gasteiger partial charge in [-0.05, 0) is 79.3 Å². The van der Waals surface area contributed by atoms with E-state index >= 15 is 0 Å². The van der Waals surface area contributed by atoms with Crippen LogP contribution in [-0.2, 0) is 38.4 Å². The van der Waals surface area contributed by atoms with Crippen molar-refractivity contribution in [3.8, 4) is 0 Å². The fourth-order valence-corrected chi connectivity index (χ4v) is 3.22. The Morgan fingerprint density at radius 2 is 0.629 bits per heavy atom. The summed E-state index contributed by atoms with van der Waals surface area (Å²) in [6.45, 7) is 24.9. The van der Waals surface area contributed by atoms with Crippen LogP contribution in [0.25, 0.3) is 0 Å². The summed E-state index contributed by atoms with van der Waals surface area (Å²) in [5, 5.41) is 22.1. The fraction of sp³-hybridized carbons (Fsp3) is 0.533. The second-order valence-electron chi connectivity index (χ2n) is 13.2. The summed E-state index contributed by atoms with van der Waals surface area (Å²) < 4.78 is 0. The van der Waals surface area contributed by atoms with Crippen LogP contribution in [0.2, 0.25) is 0 Å². The van der Waals surface area contributed by atoms with Gasteiger partial charge in [-0.25, -0.2) is 0 Å². The molecule has 4 nitrogen and oxygen atoms in total. The second-order valence-corrected chi connectivity index (χ2v) is 13.2. The number of hydrogen-bond acceptors (Lipinski definition) is 4. The van der Waals surface area contributed by atoms with Gasteiger partial charge in [-0.2, -0.15) is 0 Å². The quantitative estimate of drug-likeness (QED) is 0.534. The van der Waals surface area contributed by atoms with Crippen molar-refractivity contribution in [3.63, 3.8) is 0 Å². The topological polar surface area (TPSA) is 80.3 Å². The summed E-state index contributed by atoms with van der Waals surface area (Å²) in [6.07, 6.45) is 0. The molecule has 0 spiro atoms. The molecule has 0 amide bonds. The number of carboxylic acid groups (broad SMARTS) is 2. The van der Waals surface area contributed by atoms with E-state index in [0.717, 1.165) is 22.3 Å². The third kappa shape index (κ3) is 9.81. The molecule has 195 valence electrons. The van der Waals surface area contributed by atoms with Gasteiger partial charge in [-0.15, -0.1) is 0 Å². The first-order valence-corrected chi connectivity index (χ1v) is 11.8. The Bertz CT molecular complexity index is 890. The molecular formula is C30H42CoO4. The Kier molecular flexibility index (Phi) is 10.6. The minimum atomic E-state index is -1.11. The van der Waals surface area contributed by atoms with Crippen LogP contribution in [-0.4, -0.2) is 11.9 Å². The molecule has 0 unspecified atom stereocenters. The van der Waals surface area contributed by atoms with Crippen LogP contribution < -0.4 is 10.2 Å². The number of rotatable bonds is 2. The molecule has 2 aromatic rings. The Labute approximate surface area is 222 Å². The van der Waals surface area contributed by atoms with Gasteiger partial charge in [0.15, 0.2) is 0 Å². The largest absolute Gasteiger partial charge is 2.00 e. The third-order valence-electron chi connectivity index (χ3n) is 5.80. The first-order chi connectivity index (χ1) is 15.0. The fourth-order valence-electron chi connectivity index (χ4n) is 3.22. The van der Waals surface area contributed by atoms with Gasteiger partial charge in [-0.3, -0.25) is 0 Å². The zero-order valence-corrected chi connectivity index (χ0v) is 24.5. The van der Waals surface area contributed by atoms with Gasteiger partial charge >= 0.3 is 16.8 Å². The van der Waals surface area contributed by atoms with E-state index in [-0.39, 0.29) is 49.6 Å². The van der Waals surface area contributed by atoms with Crippen LogP contribution in [0.5, 0.6) is 0 Å². The summed E-state index contributed by atoms with van der Waals surface area (Å²) in [4.78, 5) is 22.1. The van der Waals surface area contributed by atoms with E-state index < -0.39 is 11.9 Å². The Morgan fingerprint density at radius 3 is 0.743 bits per heavy atom. The van der Waals surface area contributed by atoms with E-state index in [9.17, 15) is 19.8 Å². The molecular weight excluding hydrogens is 483 g/mol. The van der Waals surface area contributed by atoms with Gasteiger partial charge in [0.2, 0.25) is 0 Å². The maximum atomic E-state index is 11.0. The summed E-state index contributed by atoms with van der Waals surface area (Å²) in [6, 6.07) is 11.0. The van der Waals surface area contributed by atoms with Crippen molar-refractivity contribution in [2.75, 3.05) is 0 Å². The maximum absolute atomic E-state index is 11.0. The van der Waals surface area contributed by atoms with Gasteiger partial charge in [-0.1, -0.05) is 95.2 Å². The van der Waals surface area contributed by atoms with Crippen molar-refractivity contribution in [2.24, 2.45) is 0 Å². The standard InChI is InChI=1S/2C15H22O2.Co/c2*1-14(2,3)11-7-10(13(16)17)8-12(9-11)15(4,5)6;/h2*7-9H,1-6H3,(H,16,17);/q;;+2/p-2. The molecule has 2 rings (SSSR count). The minimum absolute atomic E-state index is 0.